The maximum Gasteiger partial charge on any atom is 0.194 e. The average molecular weight is 431 g/mol. The summed E-state index contributed by atoms with van der Waals surface area (Å²) in [6.45, 7) is 0. The number of anilines is 4. The molecule has 5 heteroatoms. The van der Waals surface area contributed by atoms with Gasteiger partial charge in [0.25, 0.3) is 0 Å². The molecule has 0 bridgehead atoms. The topological polar surface area (TPSA) is 41.1 Å². The van der Waals surface area contributed by atoms with E-state index in [0.29, 0.717) is 21.2 Å². The van der Waals surface area contributed by atoms with Gasteiger partial charge >= 0.3 is 0 Å². The number of hydrogen-bond acceptors (Lipinski definition) is 3. The van der Waals surface area contributed by atoms with Crippen molar-refractivity contribution < 1.29 is 4.79 Å². The van der Waals surface area contributed by atoms with E-state index in [1.807, 2.05) is 84.9 Å². The molecule has 0 radical (unpaired) electrons. The molecule has 0 aliphatic heterocycles. The van der Waals surface area contributed by atoms with Crippen LogP contribution in [-0.4, -0.2) is 5.78 Å². The number of carbonyl (C=O) groups excluding carboxylic acids is 1. The Morgan fingerprint density at radius 1 is 0.500 bits per heavy atom. The summed E-state index contributed by atoms with van der Waals surface area (Å²) >= 11 is 12.7. The zero-order valence-electron chi connectivity index (χ0n) is 15.7. The number of benzene rings is 4. The first-order valence-electron chi connectivity index (χ1n) is 9.47. The maximum atomic E-state index is 13.1. The highest BCUT2D eigenvalue weighted by atomic mass is 35.5. The molecule has 1 aliphatic carbocycles. The van der Waals surface area contributed by atoms with E-state index in [0.717, 1.165) is 33.9 Å². The van der Waals surface area contributed by atoms with Crippen molar-refractivity contribution in [2.45, 2.75) is 0 Å². The molecule has 0 fully saturated rings. The Hall–Kier alpha value is -3.27. The number of rotatable bonds is 4. The van der Waals surface area contributed by atoms with Crippen molar-refractivity contribution in [1.82, 2.24) is 0 Å². The number of hydrogen-bond donors (Lipinski definition) is 2. The van der Waals surface area contributed by atoms with Crippen molar-refractivity contribution in [3.8, 4) is 11.1 Å². The molecule has 2 N–H and O–H groups in total. The highest BCUT2D eigenvalue weighted by molar-refractivity contribution is 6.34. The Bertz CT molecular complexity index is 1200. The lowest BCUT2D eigenvalue weighted by atomic mass is 10.0. The molecule has 0 atom stereocenters. The zero-order valence-corrected chi connectivity index (χ0v) is 17.3. The normalized spacial score (nSPS) is 11.7. The number of ketones is 1. The molecule has 0 aromatic heterocycles. The van der Waals surface area contributed by atoms with Crippen molar-refractivity contribution in [2.24, 2.45) is 0 Å². The van der Waals surface area contributed by atoms with E-state index in [2.05, 4.69) is 10.6 Å². The molecule has 4 aromatic carbocycles. The van der Waals surface area contributed by atoms with Crippen LogP contribution in [0.15, 0.2) is 84.9 Å². The molecule has 4 aromatic rings. The van der Waals surface area contributed by atoms with E-state index >= 15 is 0 Å². The van der Waals surface area contributed by atoms with Crippen molar-refractivity contribution in [2.75, 3.05) is 10.6 Å². The third kappa shape index (κ3) is 3.13. The molecule has 146 valence electrons. The first kappa shape index (κ1) is 18.7. The standard InChI is InChI=1S/C25H16Cl2N2O/c26-17-9-1-3-11-19(17)28-21-13-5-7-15-23(21)24-16(25(15)30)8-6-14-22(24)29-20-12-4-2-10-18(20)27/h1-14,28-29H. The second kappa shape index (κ2) is 7.52. The van der Waals surface area contributed by atoms with Crippen LogP contribution in [0.1, 0.15) is 15.9 Å². The molecule has 0 unspecified atom stereocenters. The lowest BCUT2D eigenvalue weighted by Gasteiger charge is -2.16. The van der Waals surface area contributed by atoms with E-state index in [4.69, 9.17) is 23.2 Å². The lowest BCUT2D eigenvalue weighted by Crippen LogP contribution is -1.97. The summed E-state index contributed by atoms with van der Waals surface area (Å²) in [4.78, 5) is 13.1. The SMILES string of the molecule is O=C1c2cccc(Nc3ccccc3Cl)c2-c2c(Nc3ccccc3Cl)cccc21. The number of nitrogens with one attached hydrogen (secondary N) is 2. The molecule has 5 rings (SSSR count). The van der Waals surface area contributed by atoms with Gasteiger partial charge in [-0.15, -0.1) is 0 Å². The maximum absolute atomic E-state index is 13.1. The highest BCUT2D eigenvalue weighted by Crippen LogP contribution is 2.47. The third-order valence-corrected chi connectivity index (χ3v) is 5.81. The molecule has 1 aliphatic rings. The van der Waals surface area contributed by atoms with E-state index in [9.17, 15) is 4.79 Å². The van der Waals surface area contributed by atoms with Gasteiger partial charge in [-0.3, -0.25) is 4.79 Å². The minimum atomic E-state index is 0.00520. The van der Waals surface area contributed by atoms with Crippen LogP contribution in [0.5, 0.6) is 0 Å². The van der Waals surface area contributed by atoms with Crippen LogP contribution in [0, 0.1) is 0 Å². The summed E-state index contributed by atoms with van der Waals surface area (Å²) in [7, 11) is 0. The first-order valence-corrected chi connectivity index (χ1v) is 10.2. The molecule has 3 nitrogen and oxygen atoms in total. The van der Waals surface area contributed by atoms with Gasteiger partial charge in [-0.1, -0.05) is 71.7 Å². The van der Waals surface area contributed by atoms with Crippen LogP contribution >= 0.6 is 23.2 Å². The van der Waals surface area contributed by atoms with Crippen molar-refractivity contribution in [3.63, 3.8) is 0 Å². The van der Waals surface area contributed by atoms with Crippen LogP contribution < -0.4 is 10.6 Å². The van der Waals surface area contributed by atoms with Crippen molar-refractivity contribution in [3.05, 3.63) is 106 Å². The Morgan fingerprint density at radius 3 is 1.33 bits per heavy atom. The van der Waals surface area contributed by atoms with Gasteiger partial charge in [0.2, 0.25) is 0 Å². The number of halogens is 2. The fourth-order valence-electron chi connectivity index (χ4n) is 3.79. The summed E-state index contributed by atoms with van der Waals surface area (Å²) in [5.74, 6) is 0.00520. The Balaban J connectivity index is 1.66. The minimum absolute atomic E-state index is 0.00520. The lowest BCUT2D eigenvalue weighted by molar-refractivity contribution is 0.104. The van der Waals surface area contributed by atoms with Crippen molar-refractivity contribution >= 4 is 51.7 Å². The summed E-state index contributed by atoms with van der Waals surface area (Å²) in [5, 5.41) is 8.02. The molecular formula is C25H16Cl2N2O. The van der Waals surface area contributed by atoms with Gasteiger partial charge in [0, 0.05) is 33.6 Å². The molecule has 0 amide bonds. The summed E-state index contributed by atoms with van der Waals surface area (Å²) < 4.78 is 0. The van der Waals surface area contributed by atoms with Crippen LogP contribution in [-0.2, 0) is 0 Å². The highest BCUT2D eigenvalue weighted by Gasteiger charge is 2.31. The number of carbonyl (C=O) groups is 1. The van der Waals surface area contributed by atoms with Gasteiger partial charge in [-0.25, -0.2) is 0 Å². The summed E-state index contributed by atoms with van der Waals surface area (Å²) in [6.07, 6.45) is 0. The first-order chi connectivity index (χ1) is 14.6. The van der Waals surface area contributed by atoms with Gasteiger partial charge in [0.05, 0.1) is 21.4 Å². The summed E-state index contributed by atoms with van der Waals surface area (Å²) in [5.41, 5.74) is 6.24. The fourth-order valence-corrected chi connectivity index (χ4v) is 4.16. The van der Waals surface area contributed by atoms with Crippen molar-refractivity contribution in [1.29, 1.82) is 0 Å². The fraction of sp³-hybridized carbons (Fsp3) is 0. The smallest absolute Gasteiger partial charge is 0.194 e. The second-order valence-corrected chi connectivity index (χ2v) is 7.81. The molecule has 0 spiro atoms. The van der Waals surface area contributed by atoms with E-state index in [1.165, 1.54) is 0 Å². The van der Waals surface area contributed by atoms with Crippen LogP contribution in [0.25, 0.3) is 11.1 Å². The Kier molecular flexibility index (Phi) is 4.70. The van der Waals surface area contributed by atoms with Crippen LogP contribution in [0.4, 0.5) is 22.7 Å². The van der Waals surface area contributed by atoms with Gasteiger partial charge < -0.3 is 10.6 Å². The predicted molar refractivity (Wildman–Crippen MR) is 125 cm³/mol. The molecule has 0 saturated heterocycles. The summed E-state index contributed by atoms with van der Waals surface area (Å²) in [6, 6.07) is 26.5. The average Bonchev–Trinajstić information content (AvgIpc) is 3.06. The van der Waals surface area contributed by atoms with Gasteiger partial charge in [0.1, 0.15) is 0 Å². The number of fused-ring (bicyclic) bond motifs is 3. The van der Waals surface area contributed by atoms with Gasteiger partial charge in [-0.05, 0) is 36.4 Å². The minimum Gasteiger partial charge on any atom is -0.354 e. The molecule has 30 heavy (non-hydrogen) atoms. The Labute approximate surface area is 184 Å². The van der Waals surface area contributed by atoms with E-state index < -0.39 is 0 Å². The van der Waals surface area contributed by atoms with Gasteiger partial charge in [0.15, 0.2) is 5.78 Å². The quantitative estimate of drug-likeness (QED) is 0.306. The van der Waals surface area contributed by atoms with E-state index in [1.54, 1.807) is 0 Å². The second-order valence-electron chi connectivity index (χ2n) is 7.00. The largest absolute Gasteiger partial charge is 0.354 e. The Morgan fingerprint density at radius 2 is 0.900 bits per heavy atom. The van der Waals surface area contributed by atoms with Crippen LogP contribution in [0.3, 0.4) is 0 Å². The predicted octanol–water partition coefficient (Wildman–Crippen LogP) is 7.69. The molecular weight excluding hydrogens is 415 g/mol. The molecule has 0 heterocycles. The van der Waals surface area contributed by atoms with Crippen LogP contribution in [0.2, 0.25) is 10.0 Å². The molecule has 0 saturated carbocycles. The number of para-hydroxylation sites is 2. The van der Waals surface area contributed by atoms with E-state index in [-0.39, 0.29) is 5.78 Å². The van der Waals surface area contributed by atoms with Gasteiger partial charge in [-0.2, -0.15) is 0 Å². The third-order valence-electron chi connectivity index (χ3n) is 5.15. The zero-order chi connectivity index (χ0) is 20.7. The monoisotopic (exact) mass is 430 g/mol.